The molecule has 0 unspecified atom stereocenters. The average Bonchev–Trinajstić information content (AvgIpc) is 2.14. The van der Waals surface area contributed by atoms with Gasteiger partial charge in [0.15, 0.2) is 0 Å². The van der Waals surface area contributed by atoms with Crippen molar-refractivity contribution in [2.24, 2.45) is 0 Å². The van der Waals surface area contributed by atoms with Crippen LogP contribution < -0.4 is 29.6 Å². The van der Waals surface area contributed by atoms with Crippen LogP contribution in [0.1, 0.15) is 14.8 Å². The van der Waals surface area contributed by atoms with Crippen molar-refractivity contribution in [3.8, 4) is 0 Å². The molecular weight excluding hydrogens is 135 g/mol. The maximum atomic E-state index is 2.31. The first-order chi connectivity index (χ1) is 3.83. The van der Waals surface area contributed by atoms with Gasteiger partial charge in [0, 0.05) is 10.2 Å². The Morgan fingerprint density at radius 1 is 1.78 bits per heavy atom. The summed E-state index contributed by atoms with van der Waals surface area (Å²) >= 11 is 0. The zero-order chi connectivity index (χ0) is 5.98. The van der Waals surface area contributed by atoms with E-state index in [1.54, 1.807) is 5.57 Å². The Hall–Kier alpha value is 0.697. The predicted octanol–water partition coefficient (Wildman–Crippen LogP) is -1.84. The van der Waals surface area contributed by atoms with Crippen LogP contribution in [0.3, 0.4) is 0 Å². The van der Waals surface area contributed by atoms with Gasteiger partial charge in [0.25, 0.3) is 0 Å². The predicted molar refractivity (Wildman–Crippen MR) is 42.3 cm³/mol. The summed E-state index contributed by atoms with van der Waals surface area (Å²) in [5, 5.41) is 0. The van der Waals surface area contributed by atoms with Gasteiger partial charge in [0.2, 0.25) is 0 Å². The Kier molecular flexibility index (Phi) is 4.85. The fourth-order valence-electron chi connectivity index (χ4n) is 0.978. The van der Waals surface area contributed by atoms with Crippen LogP contribution in [0, 0.1) is 0 Å². The molecule has 0 radical (unpaired) electrons. The van der Waals surface area contributed by atoms with Gasteiger partial charge in [0.1, 0.15) is 0 Å². The van der Waals surface area contributed by atoms with Gasteiger partial charge in [-0.05, 0) is 19.4 Å². The van der Waals surface area contributed by atoms with Crippen LogP contribution in [0.2, 0.25) is 6.04 Å². The molecule has 9 heavy (non-hydrogen) atoms. The molecule has 0 atom stereocenters. The minimum atomic E-state index is 0. The topological polar surface area (TPSA) is 0 Å². The molecule has 0 heterocycles. The van der Waals surface area contributed by atoms with Crippen LogP contribution in [-0.4, -0.2) is 10.2 Å². The van der Waals surface area contributed by atoms with E-state index in [1.165, 1.54) is 28.3 Å². The SMILES string of the molecule is CC1=CCC(C[SiH3])=C1.[H-].[Na+]. The van der Waals surface area contributed by atoms with Crippen molar-refractivity contribution in [1.82, 2.24) is 0 Å². The summed E-state index contributed by atoms with van der Waals surface area (Å²) in [6.07, 6.45) is 5.84. The number of allylic oxidation sites excluding steroid dienone is 4. The summed E-state index contributed by atoms with van der Waals surface area (Å²) in [6.45, 7) is 2.17. The summed E-state index contributed by atoms with van der Waals surface area (Å²) in [5.41, 5.74) is 3.09. The second-order valence-electron chi connectivity index (χ2n) is 2.31. The van der Waals surface area contributed by atoms with Gasteiger partial charge in [0.05, 0.1) is 0 Å². The van der Waals surface area contributed by atoms with Crippen molar-refractivity contribution in [3.63, 3.8) is 0 Å². The van der Waals surface area contributed by atoms with Crippen LogP contribution in [-0.2, 0) is 0 Å². The molecular formula is C7H13NaSi. The van der Waals surface area contributed by atoms with Crippen molar-refractivity contribution in [1.29, 1.82) is 0 Å². The summed E-state index contributed by atoms with van der Waals surface area (Å²) < 4.78 is 0. The van der Waals surface area contributed by atoms with Gasteiger partial charge in [-0.1, -0.05) is 23.3 Å². The fraction of sp³-hybridized carbons (Fsp3) is 0.429. The molecule has 0 nitrogen and oxygen atoms in total. The minimum absolute atomic E-state index is 0. The Labute approximate surface area is 83.6 Å². The molecule has 0 bridgehead atoms. The van der Waals surface area contributed by atoms with E-state index in [9.17, 15) is 0 Å². The van der Waals surface area contributed by atoms with E-state index >= 15 is 0 Å². The molecule has 1 rings (SSSR count). The van der Waals surface area contributed by atoms with Gasteiger partial charge >= 0.3 is 29.6 Å². The van der Waals surface area contributed by atoms with E-state index in [0.29, 0.717) is 0 Å². The van der Waals surface area contributed by atoms with Crippen LogP contribution in [0.15, 0.2) is 23.3 Å². The number of hydrogen-bond acceptors (Lipinski definition) is 0. The van der Waals surface area contributed by atoms with E-state index in [-0.39, 0.29) is 31.0 Å². The summed E-state index contributed by atoms with van der Waals surface area (Å²) in [4.78, 5) is 0. The number of rotatable bonds is 1. The zero-order valence-corrected chi connectivity index (χ0v) is 10.6. The molecule has 0 amide bonds. The quantitative estimate of drug-likeness (QED) is 0.384. The van der Waals surface area contributed by atoms with Gasteiger partial charge in [-0.2, -0.15) is 0 Å². The molecule has 0 spiro atoms. The van der Waals surface area contributed by atoms with E-state index in [1.807, 2.05) is 0 Å². The van der Waals surface area contributed by atoms with Gasteiger partial charge in [-0.15, -0.1) is 0 Å². The van der Waals surface area contributed by atoms with E-state index in [0.717, 1.165) is 0 Å². The third kappa shape index (κ3) is 2.85. The maximum absolute atomic E-state index is 2.31. The normalized spacial score (nSPS) is 16.6. The second kappa shape index (κ2) is 4.50. The summed E-state index contributed by atoms with van der Waals surface area (Å²) in [5.74, 6) is 0. The first kappa shape index (κ1) is 9.70. The molecule has 0 saturated carbocycles. The molecule has 46 valence electrons. The molecule has 0 aromatic rings. The Balaban J connectivity index is 0. The van der Waals surface area contributed by atoms with Crippen molar-refractivity contribution in [3.05, 3.63) is 23.3 Å². The Morgan fingerprint density at radius 2 is 2.44 bits per heavy atom. The van der Waals surface area contributed by atoms with Crippen LogP contribution in [0.5, 0.6) is 0 Å². The first-order valence-electron chi connectivity index (χ1n) is 3.19. The van der Waals surface area contributed by atoms with Crippen LogP contribution >= 0.6 is 0 Å². The third-order valence-corrected chi connectivity index (χ3v) is 2.48. The fourth-order valence-corrected chi connectivity index (χ4v) is 1.47. The monoisotopic (exact) mass is 148 g/mol. The largest absolute Gasteiger partial charge is 1.00 e. The van der Waals surface area contributed by atoms with Gasteiger partial charge < -0.3 is 1.43 Å². The van der Waals surface area contributed by atoms with E-state index in [4.69, 9.17) is 0 Å². The van der Waals surface area contributed by atoms with E-state index in [2.05, 4.69) is 19.1 Å². The summed E-state index contributed by atoms with van der Waals surface area (Å²) in [7, 11) is 1.32. The Bertz CT molecular complexity index is 152. The zero-order valence-electron chi connectivity index (χ0n) is 7.57. The van der Waals surface area contributed by atoms with Crippen molar-refractivity contribution < 1.29 is 31.0 Å². The molecule has 1 aliphatic carbocycles. The van der Waals surface area contributed by atoms with Gasteiger partial charge in [-0.25, -0.2) is 0 Å². The van der Waals surface area contributed by atoms with Crippen molar-refractivity contribution in [2.75, 3.05) is 0 Å². The molecule has 0 aliphatic heterocycles. The molecule has 0 N–H and O–H groups in total. The molecule has 0 aromatic heterocycles. The van der Waals surface area contributed by atoms with Crippen LogP contribution in [0.4, 0.5) is 0 Å². The molecule has 1 aliphatic rings. The van der Waals surface area contributed by atoms with Gasteiger partial charge in [-0.3, -0.25) is 0 Å². The third-order valence-electron chi connectivity index (χ3n) is 1.57. The van der Waals surface area contributed by atoms with Crippen LogP contribution in [0.25, 0.3) is 0 Å². The average molecular weight is 148 g/mol. The summed E-state index contributed by atoms with van der Waals surface area (Å²) in [6, 6.07) is 1.36. The minimum Gasteiger partial charge on any atom is -1.00 e. The first-order valence-corrected chi connectivity index (χ1v) is 4.60. The van der Waals surface area contributed by atoms with E-state index < -0.39 is 0 Å². The smallest absolute Gasteiger partial charge is 1.00 e. The Morgan fingerprint density at radius 3 is 2.67 bits per heavy atom. The molecule has 0 aromatic carbocycles. The standard InChI is InChI=1S/C7H12Si.Na.H/c1-6-2-3-7(4-6)5-8;;/h2,4H,3,5H2,1,8H3;;/q;+1;-1. The molecule has 0 fully saturated rings. The molecule has 0 saturated heterocycles. The van der Waals surface area contributed by atoms with Crippen molar-refractivity contribution in [2.45, 2.75) is 19.4 Å². The second-order valence-corrected chi connectivity index (χ2v) is 3.02. The van der Waals surface area contributed by atoms with Crippen molar-refractivity contribution >= 4 is 10.2 Å². The maximum Gasteiger partial charge on any atom is 1.00 e. The number of hydrogen-bond donors (Lipinski definition) is 0. The molecule has 2 heteroatoms.